The van der Waals surface area contributed by atoms with E-state index in [2.05, 4.69) is 26.0 Å². The van der Waals surface area contributed by atoms with Gasteiger partial charge in [-0.25, -0.2) is 0 Å². The molecule has 4 aromatic carbocycles. The molecule has 0 aliphatic carbocycles. The van der Waals surface area contributed by atoms with Crippen LogP contribution in [0, 0.1) is 0 Å². The van der Waals surface area contributed by atoms with Gasteiger partial charge in [-0.05, 0) is 36.4 Å². The Balaban J connectivity index is 0.000000449. The molecule has 182 valence electrons. The summed E-state index contributed by atoms with van der Waals surface area (Å²) < 4.78 is 5.65. The third-order valence-electron chi connectivity index (χ3n) is 3.80. The van der Waals surface area contributed by atoms with E-state index in [0.29, 0.717) is 11.5 Å². The van der Waals surface area contributed by atoms with Crippen molar-refractivity contribution in [3.8, 4) is 11.5 Å². The summed E-state index contributed by atoms with van der Waals surface area (Å²) in [6.45, 7) is 12.2. The number of furan rings is 1. The Kier molecular flexibility index (Phi) is 17.7. The molecule has 0 aliphatic heterocycles. The fourth-order valence-corrected chi connectivity index (χ4v) is 2.53. The van der Waals surface area contributed by atoms with Crippen LogP contribution in [0.3, 0.4) is 0 Å². The molecule has 0 saturated heterocycles. The average Bonchev–Trinajstić information content (AvgIpc) is 3.28. The summed E-state index contributed by atoms with van der Waals surface area (Å²) in [5, 5.41) is 19.6. The quantitative estimate of drug-likeness (QED) is 0.242. The summed E-state index contributed by atoms with van der Waals surface area (Å²) in [6.07, 6.45) is 1.25. The first-order valence-corrected chi connectivity index (χ1v) is 12.0. The van der Waals surface area contributed by atoms with Gasteiger partial charge in [-0.3, -0.25) is 0 Å². The molecular formula is C31H40O3. The summed E-state index contributed by atoms with van der Waals surface area (Å²) in [4.78, 5) is 0. The van der Waals surface area contributed by atoms with E-state index in [0.717, 1.165) is 11.2 Å². The van der Waals surface area contributed by atoms with Gasteiger partial charge in [0.1, 0.15) is 22.7 Å². The van der Waals surface area contributed by atoms with Gasteiger partial charge in [0.2, 0.25) is 0 Å². The lowest BCUT2D eigenvalue weighted by molar-refractivity contribution is 0.475. The van der Waals surface area contributed by atoms with Crippen molar-refractivity contribution in [1.29, 1.82) is 0 Å². The van der Waals surface area contributed by atoms with Gasteiger partial charge in [0.05, 0.1) is 0 Å². The maximum Gasteiger partial charge on any atom is 0.135 e. The highest BCUT2D eigenvalue weighted by Gasteiger charge is 2.03. The zero-order valence-electron chi connectivity index (χ0n) is 21.4. The van der Waals surface area contributed by atoms with E-state index >= 15 is 0 Å². The lowest BCUT2D eigenvalue weighted by Crippen LogP contribution is -1.62. The molecular weight excluding hydrogens is 420 g/mol. The number of phenols is 2. The summed E-state index contributed by atoms with van der Waals surface area (Å²) in [7, 11) is 0. The predicted octanol–water partition coefficient (Wildman–Crippen LogP) is 9.84. The number of rotatable bonds is 0. The second kappa shape index (κ2) is 19.9. The predicted molar refractivity (Wildman–Crippen MR) is 149 cm³/mol. The first kappa shape index (κ1) is 30.3. The van der Waals surface area contributed by atoms with Crippen molar-refractivity contribution >= 4 is 21.9 Å². The van der Waals surface area contributed by atoms with Crippen LogP contribution in [0.1, 0.15) is 48.0 Å². The van der Waals surface area contributed by atoms with Crippen LogP contribution in [0.25, 0.3) is 21.9 Å². The summed E-state index contributed by atoms with van der Waals surface area (Å²) >= 11 is 0. The molecule has 0 unspecified atom stereocenters. The summed E-state index contributed by atoms with van der Waals surface area (Å²) in [5.74, 6) is 0.644. The lowest BCUT2D eigenvalue weighted by Gasteiger charge is -1.85. The first-order valence-electron chi connectivity index (χ1n) is 12.0. The van der Waals surface area contributed by atoms with Gasteiger partial charge in [0.15, 0.2) is 0 Å². The SMILES string of the molecule is CC.CC.CCC.Oc1ccccc1.Oc1ccccc1.c1ccc2c(c1)oc1ccccc12. The van der Waals surface area contributed by atoms with Gasteiger partial charge in [-0.1, -0.05) is 121 Å². The Morgan fingerprint density at radius 2 is 0.735 bits per heavy atom. The molecule has 0 spiro atoms. The smallest absolute Gasteiger partial charge is 0.135 e. The zero-order chi connectivity index (χ0) is 25.6. The molecule has 1 aromatic heterocycles. The molecule has 5 rings (SSSR count). The highest BCUT2D eigenvalue weighted by molar-refractivity contribution is 6.04. The molecule has 0 bridgehead atoms. The number of benzene rings is 4. The van der Waals surface area contributed by atoms with Crippen LogP contribution in [0.4, 0.5) is 0 Å². The van der Waals surface area contributed by atoms with Crippen molar-refractivity contribution in [3.05, 3.63) is 109 Å². The van der Waals surface area contributed by atoms with Gasteiger partial charge >= 0.3 is 0 Å². The minimum absolute atomic E-state index is 0.322. The third kappa shape index (κ3) is 11.8. The van der Waals surface area contributed by atoms with E-state index in [1.54, 1.807) is 48.5 Å². The topological polar surface area (TPSA) is 53.6 Å². The Morgan fingerprint density at radius 1 is 0.471 bits per heavy atom. The van der Waals surface area contributed by atoms with Crippen LogP contribution in [-0.4, -0.2) is 10.2 Å². The van der Waals surface area contributed by atoms with Crippen molar-refractivity contribution in [3.63, 3.8) is 0 Å². The Labute approximate surface area is 205 Å². The standard InChI is InChI=1S/C12H8O.2C6H6O.C3H8.2C2H6/c1-3-7-11-9(5-1)10-6-2-4-8-12(10)13-11;2*7-6-4-2-1-3-5-6;1-3-2;2*1-2/h1-8H;2*1-5,7H;3H2,1-2H3;2*1-2H3. The molecule has 3 nitrogen and oxygen atoms in total. The fourth-order valence-electron chi connectivity index (χ4n) is 2.53. The van der Waals surface area contributed by atoms with Crippen molar-refractivity contribution in [1.82, 2.24) is 0 Å². The molecule has 2 N–H and O–H groups in total. The zero-order valence-corrected chi connectivity index (χ0v) is 21.4. The molecule has 0 radical (unpaired) electrons. The van der Waals surface area contributed by atoms with Crippen molar-refractivity contribution in [2.45, 2.75) is 48.0 Å². The van der Waals surface area contributed by atoms with E-state index < -0.39 is 0 Å². The maximum atomic E-state index is 8.63. The van der Waals surface area contributed by atoms with Gasteiger partial charge in [0, 0.05) is 10.8 Å². The van der Waals surface area contributed by atoms with Crippen LogP contribution in [-0.2, 0) is 0 Å². The number of phenolic OH excluding ortho intramolecular Hbond substituents is 2. The van der Waals surface area contributed by atoms with Crippen LogP contribution in [0.5, 0.6) is 11.5 Å². The van der Waals surface area contributed by atoms with Crippen molar-refractivity contribution in [2.24, 2.45) is 0 Å². The summed E-state index contributed by atoms with van der Waals surface area (Å²) in [6, 6.07) is 33.6. The molecule has 0 fully saturated rings. The highest BCUT2D eigenvalue weighted by atomic mass is 16.3. The van der Waals surface area contributed by atoms with E-state index in [1.165, 1.54) is 17.2 Å². The van der Waals surface area contributed by atoms with Gasteiger partial charge in [0.25, 0.3) is 0 Å². The molecule has 0 aliphatic rings. The van der Waals surface area contributed by atoms with Crippen LogP contribution in [0.2, 0.25) is 0 Å². The minimum Gasteiger partial charge on any atom is -0.508 e. The number of para-hydroxylation sites is 4. The van der Waals surface area contributed by atoms with E-state index in [4.69, 9.17) is 14.6 Å². The molecule has 3 heteroatoms. The normalized spacial score (nSPS) is 8.65. The number of aromatic hydroxyl groups is 2. The van der Waals surface area contributed by atoms with Gasteiger partial charge in [-0.2, -0.15) is 0 Å². The second-order valence-corrected chi connectivity index (χ2v) is 6.47. The molecule has 34 heavy (non-hydrogen) atoms. The largest absolute Gasteiger partial charge is 0.508 e. The van der Waals surface area contributed by atoms with Gasteiger partial charge < -0.3 is 14.6 Å². The Morgan fingerprint density at radius 3 is 1.00 bits per heavy atom. The van der Waals surface area contributed by atoms with Crippen LogP contribution >= 0.6 is 0 Å². The number of hydrogen-bond acceptors (Lipinski definition) is 3. The van der Waals surface area contributed by atoms with E-state index in [9.17, 15) is 0 Å². The monoisotopic (exact) mass is 460 g/mol. The minimum atomic E-state index is 0.322. The maximum absolute atomic E-state index is 8.63. The summed E-state index contributed by atoms with van der Waals surface area (Å²) in [5.41, 5.74) is 1.92. The van der Waals surface area contributed by atoms with Crippen LogP contribution < -0.4 is 0 Å². The Hall–Kier alpha value is -3.72. The fraction of sp³-hybridized carbons (Fsp3) is 0.226. The van der Waals surface area contributed by atoms with Crippen molar-refractivity contribution in [2.75, 3.05) is 0 Å². The van der Waals surface area contributed by atoms with Crippen molar-refractivity contribution < 1.29 is 14.6 Å². The number of hydrogen-bond donors (Lipinski definition) is 2. The molecule has 1 heterocycles. The number of fused-ring (bicyclic) bond motifs is 3. The Bertz CT molecular complexity index is 1010. The molecule has 0 amide bonds. The van der Waals surface area contributed by atoms with Gasteiger partial charge in [-0.15, -0.1) is 0 Å². The third-order valence-corrected chi connectivity index (χ3v) is 3.80. The average molecular weight is 461 g/mol. The molecule has 0 saturated carbocycles. The molecule has 5 aromatic rings. The highest BCUT2D eigenvalue weighted by Crippen LogP contribution is 2.27. The van der Waals surface area contributed by atoms with Crippen LogP contribution in [0.15, 0.2) is 114 Å². The van der Waals surface area contributed by atoms with E-state index in [1.807, 2.05) is 76.2 Å². The second-order valence-electron chi connectivity index (χ2n) is 6.47. The molecule has 0 atom stereocenters. The lowest BCUT2D eigenvalue weighted by atomic mass is 10.2. The first-order chi connectivity index (χ1) is 16.7. The van der Waals surface area contributed by atoms with E-state index in [-0.39, 0.29) is 0 Å².